The molecule has 1 saturated heterocycles. The number of aromatic nitrogens is 6. The molecule has 376 valence electrons. The lowest BCUT2D eigenvalue weighted by Crippen LogP contribution is -2.43. The fraction of sp³-hybridized carbons (Fsp3) is 0.222. The molecular formula is C54H62N10O6Si3. The smallest absolute Gasteiger partial charge is 0.250 e. The second-order valence-corrected chi connectivity index (χ2v) is 31.8. The molecule has 0 spiro atoms. The van der Waals surface area contributed by atoms with Gasteiger partial charge in [-0.25, -0.2) is 14.3 Å². The average molecular weight is 1030 g/mol. The van der Waals surface area contributed by atoms with Gasteiger partial charge in [0, 0.05) is 35.4 Å². The maximum atomic E-state index is 11.8. The van der Waals surface area contributed by atoms with Gasteiger partial charge in [0.1, 0.15) is 22.4 Å². The molecule has 16 nitrogen and oxygen atoms in total. The van der Waals surface area contributed by atoms with Crippen molar-refractivity contribution in [2.24, 2.45) is 17.2 Å². The number of aromatic amines is 1. The standard InChI is InChI=1S/C21H26N4O2Si.C17H19N3O2Si.C16H17N3O2Si/c1-21(20-23-17-10-5-9-16(19(22)26)18(17)24-20)11-6-12-25(21)14-7-4-8-15(13-14)28(2,3)27;1-23(2,22)11-12-6-8-14(9-7-12)20-10-13-4-3-5-15(17(18)21)16(13)19-20;1-22(2,21)13-7-4-6-12(9-13)19-10-11-5-3-8-14(16(17)20)15(11)18-19/h4-5,7-10,13,27H,6,11-12H2,1-3H3,(H2,22,26)(H,23,24);3-10,22H,11H2,1-2H3,(H2,18,21);3-10,21H,1-2H3,(H2,17,20). The fourth-order valence-corrected chi connectivity index (χ4v) is 12.5. The van der Waals surface area contributed by atoms with Crippen LogP contribution in [0.3, 0.4) is 0 Å². The van der Waals surface area contributed by atoms with Crippen LogP contribution in [0.5, 0.6) is 0 Å². The van der Waals surface area contributed by atoms with Crippen LogP contribution in [0.2, 0.25) is 39.3 Å². The van der Waals surface area contributed by atoms with Gasteiger partial charge in [-0.3, -0.25) is 14.4 Å². The van der Waals surface area contributed by atoms with Crippen LogP contribution in [-0.4, -0.2) is 93.1 Å². The predicted molar refractivity (Wildman–Crippen MR) is 296 cm³/mol. The quantitative estimate of drug-likeness (QED) is 0.0691. The molecule has 0 aliphatic carbocycles. The largest absolute Gasteiger partial charge is 0.432 e. The van der Waals surface area contributed by atoms with Crippen molar-refractivity contribution in [3.8, 4) is 11.4 Å². The maximum Gasteiger partial charge on any atom is 0.250 e. The van der Waals surface area contributed by atoms with Crippen molar-refractivity contribution in [2.45, 2.75) is 70.6 Å². The summed E-state index contributed by atoms with van der Waals surface area (Å²) < 4.78 is 3.45. The van der Waals surface area contributed by atoms with Crippen LogP contribution in [0.1, 0.15) is 62.2 Å². The molecule has 6 aromatic carbocycles. The van der Waals surface area contributed by atoms with E-state index in [1.54, 1.807) is 39.7 Å². The molecule has 1 unspecified atom stereocenters. The molecule has 3 amide bonds. The van der Waals surface area contributed by atoms with Gasteiger partial charge in [0.05, 0.1) is 39.1 Å². The molecule has 1 aliphatic heterocycles. The van der Waals surface area contributed by atoms with Crippen molar-refractivity contribution in [3.05, 3.63) is 168 Å². The lowest BCUT2D eigenvalue weighted by Gasteiger charge is -2.36. The fourth-order valence-electron chi connectivity index (χ4n) is 9.21. The van der Waals surface area contributed by atoms with Gasteiger partial charge in [-0.05, 0) is 142 Å². The summed E-state index contributed by atoms with van der Waals surface area (Å²) in [5, 5.41) is 12.6. The van der Waals surface area contributed by atoms with E-state index in [1.165, 1.54) is 0 Å². The van der Waals surface area contributed by atoms with E-state index in [4.69, 9.17) is 22.2 Å². The second kappa shape index (κ2) is 20.2. The molecule has 19 heteroatoms. The van der Waals surface area contributed by atoms with Crippen LogP contribution in [0.4, 0.5) is 5.69 Å². The van der Waals surface area contributed by atoms with E-state index in [0.29, 0.717) is 33.2 Å². The summed E-state index contributed by atoms with van der Waals surface area (Å²) in [6, 6.07) is 40.7. The maximum absolute atomic E-state index is 11.8. The number of nitrogens with two attached hydrogens (primary N) is 3. The third-order valence-corrected chi connectivity index (χ3v) is 17.8. The SMILES string of the molecule is CC1(c2nc3c(C(N)=O)cccc3[nH]2)CCCN1c1cccc([Si](C)(C)O)c1.C[Si](C)(O)Cc1ccc(-n2cc3cccc(C(N)=O)c3n2)cc1.C[Si](C)(O)c1cccc(-n2cc3cccc(C(N)=O)c3n2)c1. The Balaban J connectivity index is 0.000000148. The van der Waals surface area contributed by atoms with E-state index in [-0.39, 0.29) is 5.54 Å². The van der Waals surface area contributed by atoms with Crippen molar-refractivity contribution in [2.75, 3.05) is 11.4 Å². The van der Waals surface area contributed by atoms with Crippen molar-refractivity contribution < 1.29 is 28.8 Å². The molecule has 0 radical (unpaired) electrons. The molecule has 1 atom stereocenters. The zero-order valence-corrected chi connectivity index (χ0v) is 45.1. The topological polar surface area (TPSA) is 258 Å². The average Bonchev–Trinajstić information content (AvgIpc) is 4.16. The summed E-state index contributed by atoms with van der Waals surface area (Å²) in [4.78, 5) is 76.1. The van der Waals surface area contributed by atoms with Gasteiger partial charge < -0.3 is 41.5 Å². The highest BCUT2D eigenvalue weighted by Gasteiger charge is 2.41. The Kier molecular flexibility index (Phi) is 14.3. The van der Waals surface area contributed by atoms with E-state index in [1.807, 2.05) is 137 Å². The number of hydrogen-bond acceptors (Lipinski definition) is 10. The first-order valence-corrected chi connectivity index (χ1v) is 33.1. The van der Waals surface area contributed by atoms with Crippen molar-refractivity contribution in [1.29, 1.82) is 0 Å². The molecule has 9 aromatic rings. The first-order chi connectivity index (χ1) is 34.4. The van der Waals surface area contributed by atoms with Gasteiger partial charge in [-0.15, -0.1) is 0 Å². The minimum atomic E-state index is -2.39. The van der Waals surface area contributed by atoms with Crippen molar-refractivity contribution >= 4 is 91.6 Å². The van der Waals surface area contributed by atoms with E-state index in [9.17, 15) is 28.8 Å². The summed E-state index contributed by atoms with van der Waals surface area (Å²) in [6.07, 6.45) is 5.72. The second-order valence-electron chi connectivity index (χ2n) is 20.4. The Hall–Kier alpha value is -7.53. The number of H-pyrrole nitrogens is 1. The van der Waals surface area contributed by atoms with Crippen molar-refractivity contribution in [1.82, 2.24) is 29.5 Å². The lowest BCUT2D eigenvalue weighted by atomic mass is 9.97. The van der Waals surface area contributed by atoms with Crippen molar-refractivity contribution in [3.63, 3.8) is 0 Å². The van der Waals surface area contributed by atoms with Gasteiger partial charge >= 0.3 is 0 Å². The van der Waals surface area contributed by atoms with Gasteiger partial charge in [0.25, 0.3) is 17.7 Å². The van der Waals surface area contributed by atoms with Crippen LogP contribution < -0.4 is 32.5 Å². The number of nitrogens with zero attached hydrogens (tertiary/aromatic N) is 6. The first-order valence-electron chi connectivity index (χ1n) is 24.0. The summed E-state index contributed by atoms with van der Waals surface area (Å²) in [5.74, 6) is -0.612. The normalized spacial score (nSPS) is 15.0. The summed E-state index contributed by atoms with van der Waals surface area (Å²) >= 11 is 0. The Morgan fingerprint density at radius 3 is 1.58 bits per heavy atom. The van der Waals surface area contributed by atoms with E-state index < -0.39 is 42.7 Å². The van der Waals surface area contributed by atoms with Gasteiger partial charge in [-0.1, -0.05) is 66.7 Å². The number of anilines is 1. The number of para-hydroxylation sites is 1. The van der Waals surface area contributed by atoms with Gasteiger partial charge in [0.15, 0.2) is 8.32 Å². The summed E-state index contributed by atoms with van der Waals surface area (Å²) in [5.41, 5.74) is 23.8. The Morgan fingerprint density at radius 2 is 1.07 bits per heavy atom. The molecule has 1 fully saturated rings. The minimum absolute atomic E-state index is 0.326. The molecular weight excluding hydrogens is 969 g/mol. The summed E-state index contributed by atoms with van der Waals surface area (Å²) in [7, 11) is -6.88. The van der Waals surface area contributed by atoms with E-state index >= 15 is 0 Å². The van der Waals surface area contributed by atoms with Crippen LogP contribution in [-0.2, 0) is 11.6 Å². The molecule has 1 aliphatic rings. The highest BCUT2D eigenvalue weighted by molar-refractivity contribution is 6.83. The molecule has 10 N–H and O–H groups in total. The van der Waals surface area contributed by atoms with Crippen LogP contribution in [0, 0.1) is 0 Å². The zero-order chi connectivity index (χ0) is 52.6. The number of fused-ring (bicyclic) bond motifs is 3. The number of primary amides is 3. The Labute approximate surface area is 426 Å². The van der Waals surface area contributed by atoms with Crippen LogP contribution in [0.15, 0.2) is 140 Å². The Bertz CT molecular complexity index is 3520. The third kappa shape index (κ3) is 11.4. The molecule has 0 saturated carbocycles. The zero-order valence-electron chi connectivity index (χ0n) is 42.1. The number of rotatable bonds is 11. The Morgan fingerprint density at radius 1 is 0.603 bits per heavy atom. The molecule has 4 heterocycles. The van der Waals surface area contributed by atoms with Gasteiger partial charge in [0.2, 0.25) is 16.6 Å². The van der Waals surface area contributed by atoms with Crippen LogP contribution >= 0.6 is 0 Å². The first kappa shape index (κ1) is 51.8. The lowest BCUT2D eigenvalue weighted by molar-refractivity contribution is 0.0993. The highest BCUT2D eigenvalue weighted by Crippen LogP contribution is 2.41. The highest BCUT2D eigenvalue weighted by atomic mass is 28.4. The predicted octanol–water partition coefficient (Wildman–Crippen LogP) is 6.51. The number of nitrogens with one attached hydrogen (secondary N) is 1. The number of carbonyl (C=O) groups excluding carboxylic acids is 3. The monoisotopic (exact) mass is 1030 g/mol. The number of hydrogen-bond donors (Lipinski definition) is 7. The van der Waals surface area contributed by atoms with Gasteiger partial charge in [-0.2, -0.15) is 10.2 Å². The summed E-state index contributed by atoms with van der Waals surface area (Å²) in [6.45, 7) is 14.5. The van der Waals surface area contributed by atoms with E-state index in [0.717, 1.165) is 80.5 Å². The molecule has 73 heavy (non-hydrogen) atoms. The van der Waals surface area contributed by atoms with Crippen LogP contribution in [0.25, 0.3) is 44.2 Å². The van der Waals surface area contributed by atoms with E-state index in [2.05, 4.69) is 39.1 Å². The molecule has 10 rings (SSSR count). The minimum Gasteiger partial charge on any atom is -0.432 e. The number of benzene rings is 6. The number of carbonyl (C=O) groups is 3. The third-order valence-electron chi connectivity index (χ3n) is 13.1. The number of imidazole rings is 1. The number of amides is 3. The molecule has 0 bridgehead atoms. The molecule has 3 aromatic heterocycles.